The molecule has 1 heterocycles. The van der Waals surface area contributed by atoms with Gasteiger partial charge in [0.25, 0.3) is 11.8 Å². The van der Waals surface area contributed by atoms with Crippen molar-refractivity contribution in [1.82, 2.24) is 15.6 Å². The Morgan fingerprint density at radius 1 is 1.04 bits per heavy atom. The van der Waals surface area contributed by atoms with Crippen molar-refractivity contribution in [1.29, 1.82) is 0 Å². The molecule has 6 heteroatoms. The third kappa shape index (κ3) is 4.35. The smallest absolute Gasteiger partial charge is 0.268 e. The van der Waals surface area contributed by atoms with Gasteiger partial charge in [0, 0.05) is 24.3 Å². The number of aromatic nitrogens is 1. The molecule has 1 aromatic carbocycles. The van der Waals surface area contributed by atoms with Crippen LogP contribution in [0.4, 0.5) is 0 Å². The van der Waals surface area contributed by atoms with Gasteiger partial charge in [-0.25, -0.2) is 0 Å². The average molecular weight is 315 g/mol. The standard InChI is InChI=1S/C17H21N3O3/c1-11-10-12(2)20-15(11)17(22)19-9-8-18-16(21)13-4-6-14(23-3)7-5-13/h4-7,10,20H,8-9H2,1-3H3,(H,18,21)(H,19,22). The zero-order valence-corrected chi connectivity index (χ0v) is 13.5. The van der Waals surface area contributed by atoms with Gasteiger partial charge >= 0.3 is 0 Å². The van der Waals surface area contributed by atoms with Gasteiger partial charge in [0.1, 0.15) is 11.4 Å². The molecule has 0 atom stereocenters. The predicted molar refractivity (Wildman–Crippen MR) is 87.9 cm³/mol. The molecule has 122 valence electrons. The van der Waals surface area contributed by atoms with Crippen molar-refractivity contribution in [3.63, 3.8) is 0 Å². The molecule has 2 rings (SSSR count). The van der Waals surface area contributed by atoms with Crippen LogP contribution in [0, 0.1) is 13.8 Å². The summed E-state index contributed by atoms with van der Waals surface area (Å²) in [6.45, 7) is 4.50. The van der Waals surface area contributed by atoms with E-state index in [-0.39, 0.29) is 11.8 Å². The van der Waals surface area contributed by atoms with Crippen LogP contribution in [0.5, 0.6) is 5.75 Å². The average Bonchev–Trinajstić information content (AvgIpc) is 2.89. The van der Waals surface area contributed by atoms with E-state index >= 15 is 0 Å². The van der Waals surface area contributed by atoms with Crippen molar-refractivity contribution in [2.75, 3.05) is 20.2 Å². The van der Waals surface area contributed by atoms with Crippen molar-refractivity contribution >= 4 is 11.8 Å². The molecule has 0 fully saturated rings. The number of amides is 2. The lowest BCUT2D eigenvalue weighted by molar-refractivity contribution is 0.0925. The quantitative estimate of drug-likeness (QED) is 0.711. The molecule has 0 unspecified atom stereocenters. The SMILES string of the molecule is COc1ccc(C(=O)NCCNC(=O)c2[nH]c(C)cc2C)cc1. The third-order valence-corrected chi connectivity index (χ3v) is 3.42. The second kappa shape index (κ2) is 7.49. The molecule has 0 aliphatic carbocycles. The van der Waals surface area contributed by atoms with Crippen molar-refractivity contribution in [3.05, 3.63) is 52.8 Å². The maximum absolute atomic E-state index is 12.0. The maximum Gasteiger partial charge on any atom is 0.268 e. The monoisotopic (exact) mass is 315 g/mol. The summed E-state index contributed by atoms with van der Waals surface area (Å²) in [5.74, 6) is 0.341. The van der Waals surface area contributed by atoms with E-state index in [9.17, 15) is 9.59 Å². The number of benzene rings is 1. The molecule has 0 radical (unpaired) electrons. The normalized spacial score (nSPS) is 10.2. The summed E-state index contributed by atoms with van der Waals surface area (Å²) in [4.78, 5) is 27.0. The summed E-state index contributed by atoms with van der Waals surface area (Å²) < 4.78 is 5.05. The number of carbonyl (C=O) groups is 2. The Balaban J connectivity index is 1.77. The number of rotatable bonds is 6. The first-order valence-corrected chi connectivity index (χ1v) is 7.38. The molecule has 0 bridgehead atoms. The highest BCUT2D eigenvalue weighted by molar-refractivity contribution is 5.95. The number of nitrogens with one attached hydrogen (secondary N) is 3. The fourth-order valence-electron chi connectivity index (χ4n) is 2.25. The Morgan fingerprint density at radius 2 is 1.65 bits per heavy atom. The summed E-state index contributed by atoms with van der Waals surface area (Å²) in [6.07, 6.45) is 0. The lowest BCUT2D eigenvalue weighted by atomic mass is 10.2. The Labute approximate surface area is 135 Å². The maximum atomic E-state index is 12.0. The number of methoxy groups -OCH3 is 1. The van der Waals surface area contributed by atoms with Crippen LogP contribution in [0.1, 0.15) is 32.1 Å². The van der Waals surface area contributed by atoms with Gasteiger partial charge in [0.2, 0.25) is 0 Å². The lowest BCUT2D eigenvalue weighted by Gasteiger charge is -2.07. The van der Waals surface area contributed by atoms with Gasteiger partial charge in [-0.1, -0.05) is 0 Å². The summed E-state index contributed by atoms with van der Waals surface area (Å²) in [5, 5.41) is 5.53. The fourth-order valence-corrected chi connectivity index (χ4v) is 2.25. The molecule has 3 N–H and O–H groups in total. The molecule has 2 amide bonds. The van der Waals surface area contributed by atoms with E-state index in [1.165, 1.54) is 0 Å². The summed E-state index contributed by atoms with van der Waals surface area (Å²) in [7, 11) is 1.57. The predicted octanol–water partition coefficient (Wildman–Crippen LogP) is 1.80. The van der Waals surface area contributed by atoms with E-state index in [0.29, 0.717) is 30.1 Å². The molecule has 23 heavy (non-hydrogen) atoms. The molecule has 0 saturated carbocycles. The van der Waals surface area contributed by atoms with Crippen LogP contribution in [-0.2, 0) is 0 Å². The fraction of sp³-hybridized carbons (Fsp3) is 0.294. The van der Waals surface area contributed by atoms with Crippen LogP contribution >= 0.6 is 0 Å². The molecule has 0 spiro atoms. The van der Waals surface area contributed by atoms with Gasteiger partial charge in [0.05, 0.1) is 7.11 Å². The first-order valence-electron chi connectivity index (χ1n) is 7.38. The van der Waals surface area contributed by atoms with Crippen molar-refractivity contribution in [2.45, 2.75) is 13.8 Å². The van der Waals surface area contributed by atoms with E-state index in [4.69, 9.17) is 4.74 Å². The number of carbonyl (C=O) groups excluding carboxylic acids is 2. The summed E-state index contributed by atoms with van der Waals surface area (Å²) >= 11 is 0. The van der Waals surface area contributed by atoms with Crippen molar-refractivity contribution in [2.24, 2.45) is 0 Å². The topological polar surface area (TPSA) is 83.2 Å². The van der Waals surface area contributed by atoms with Gasteiger partial charge < -0.3 is 20.4 Å². The van der Waals surface area contributed by atoms with Gasteiger partial charge in [-0.05, 0) is 49.7 Å². The van der Waals surface area contributed by atoms with E-state index < -0.39 is 0 Å². The van der Waals surface area contributed by atoms with Gasteiger partial charge in [-0.2, -0.15) is 0 Å². The number of aryl methyl sites for hydroxylation is 2. The highest BCUT2D eigenvalue weighted by atomic mass is 16.5. The number of H-pyrrole nitrogens is 1. The zero-order chi connectivity index (χ0) is 16.8. The van der Waals surface area contributed by atoms with Crippen LogP contribution in [-0.4, -0.2) is 37.0 Å². The summed E-state index contributed by atoms with van der Waals surface area (Å²) in [5.41, 5.74) is 2.96. The molecule has 0 aliphatic rings. The van der Waals surface area contributed by atoms with Crippen LogP contribution in [0.15, 0.2) is 30.3 Å². The second-order valence-corrected chi connectivity index (χ2v) is 5.25. The molecular formula is C17H21N3O3. The minimum Gasteiger partial charge on any atom is -0.497 e. The minimum atomic E-state index is -0.186. The lowest BCUT2D eigenvalue weighted by Crippen LogP contribution is -2.35. The summed E-state index contributed by atoms with van der Waals surface area (Å²) in [6, 6.07) is 8.76. The first kappa shape index (κ1) is 16.6. The number of aromatic amines is 1. The van der Waals surface area contributed by atoms with E-state index in [0.717, 1.165) is 11.3 Å². The molecule has 0 saturated heterocycles. The Kier molecular flexibility index (Phi) is 5.41. The van der Waals surface area contributed by atoms with Gasteiger partial charge in [0.15, 0.2) is 0 Å². The Hall–Kier alpha value is -2.76. The highest BCUT2D eigenvalue weighted by Gasteiger charge is 2.11. The van der Waals surface area contributed by atoms with E-state index in [1.54, 1.807) is 31.4 Å². The number of hydrogen-bond donors (Lipinski definition) is 3. The molecular weight excluding hydrogens is 294 g/mol. The van der Waals surface area contributed by atoms with Crippen LogP contribution in [0.2, 0.25) is 0 Å². The molecule has 6 nitrogen and oxygen atoms in total. The zero-order valence-electron chi connectivity index (χ0n) is 13.5. The molecule has 1 aromatic heterocycles. The van der Waals surface area contributed by atoms with Crippen LogP contribution in [0.25, 0.3) is 0 Å². The van der Waals surface area contributed by atoms with E-state index in [1.807, 2.05) is 19.9 Å². The van der Waals surface area contributed by atoms with Gasteiger partial charge in [-0.15, -0.1) is 0 Å². The largest absolute Gasteiger partial charge is 0.497 e. The molecule has 2 aromatic rings. The third-order valence-electron chi connectivity index (χ3n) is 3.42. The Bertz CT molecular complexity index is 690. The minimum absolute atomic E-state index is 0.172. The number of hydrogen-bond acceptors (Lipinski definition) is 3. The molecule has 0 aliphatic heterocycles. The van der Waals surface area contributed by atoms with Crippen LogP contribution < -0.4 is 15.4 Å². The van der Waals surface area contributed by atoms with Gasteiger partial charge in [-0.3, -0.25) is 9.59 Å². The van der Waals surface area contributed by atoms with Crippen molar-refractivity contribution in [3.8, 4) is 5.75 Å². The highest BCUT2D eigenvalue weighted by Crippen LogP contribution is 2.11. The van der Waals surface area contributed by atoms with Crippen LogP contribution in [0.3, 0.4) is 0 Å². The van der Waals surface area contributed by atoms with Crippen molar-refractivity contribution < 1.29 is 14.3 Å². The Morgan fingerprint density at radius 3 is 2.17 bits per heavy atom. The number of ether oxygens (including phenoxy) is 1. The second-order valence-electron chi connectivity index (χ2n) is 5.25. The first-order chi connectivity index (χ1) is 11.0. The van der Waals surface area contributed by atoms with E-state index in [2.05, 4.69) is 15.6 Å².